The van der Waals surface area contributed by atoms with E-state index in [1.54, 1.807) is 0 Å². The van der Waals surface area contributed by atoms with Crippen LogP contribution in [0.15, 0.2) is 30.3 Å². The van der Waals surface area contributed by atoms with Crippen LogP contribution in [0, 0.1) is 0 Å². The van der Waals surface area contributed by atoms with Gasteiger partial charge in [-0.15, -0.1) is 0 Å². The van der Waals surface area contributed by atoms with Crippen LogP contribution in [0.2, 0.25) is 0 Å². The van der Waals surface area contributed by atoms with Gasteiger partial charge >= 0.3 is 0 Å². The fourth-order valence-electron chi connectivity index (χ4n) is 2.70. The number of aliphatic hydroxyl groups excluding tert-OH is 1. The second-order valence-electron chi connectivity index (χ2n) is 5.41. The minimum absolute atomic E-state index is 0.239. The van der Waals surface area contributed by atoms with Gasteiger partial charge in [-0.05, 0) is 38.4 Å². The number of rotatable bonds is 9. The summed E-state index contributed by atoms with van der Waals surface area (Å²) in [6.07, 6.45) is 4.74. The molecule has 1 aromatic rings. The molecule has 0 aliphatic rings. The molecular formula is C17H29NO. The Hall–Kier alpha value is -0.860. The van der Waals surface area contributed by atoms with Crippen LogP contribution >= 0.6 is 0 Å². The topological polar surface area (TPSA) is 23.5 Å². The van der Waals surface area contributed by atoms with Crippen LogP contribution in [-0.4, -0.2) is 36.2 Å². The average molecular weight is 263 g/mol. The van der Waals surface area contributed by atoms with Gasteiger partial charge in [0.1, 0.15) is 0 Å². The molecule has 19 heavy (non-hydrogen) atoms. The molecule has 0 aliphatic heterocycles. The number of hydrogen-bond acceptors (Lipinski definition) is 2. The van der Waals surface area contributed by atoms with Crippen molar-refractivity contribution in [3.8, 4) is 0 Å². The molecule has 2 atom stereocenters. The van der Waals surface area contributed by atoms with Crippen molar-refractivity contribution in [3.05, 3.63) is 35.9 Å². The van der Waals surface area contributed by atoms with E-state index in [0.717, 1.165) is 13.0 Å². The van der Waals surface area contributed by atoms with Crippen LogP contribution in [0.4, 0.5) is 0 Å². The molecule has 2 heteroatoms. The molecule has 1 N–H and O–H groups in total. The lowest BCUT2D eigenvalue weighted by atomic mass is 9.96. The van der Waals surface area contributed by atoms with E-state index in [9.17, 15) is 5.11 Å². The van der Waals surface area contributed by atoms with Crippen molar-refractivity contribution in [2.45, 2.75) is 51.5 Å². The number of benzene rings is 1. The van der Waals surface area contributed by atoms with Gasteiger partial charge in [-0.25, -0.2) is 0 Å². The van der Waals surface area contributed by atoms with Gasteiger partial charge in [0, 0.05) is 18.6 Å². The van der Waals surface area contributed by atoms with E-state index >= 15 is 0 Å². The lowest BCUT2D eigenvalue weighted by Gasteiger charge is -2.28. The van der Waals surface area contributed by atoms with Crippen molar-refractivity contribution < 1.29 is 5.11 Å². The van der Waals surface area contributed by atoms with E-state index in [1.165, 1.54) is 24.8 Å². The summed E-state index contributed by atoms with van der Waals surface area (Å²) >= 11 is 0. The molecule has 0 heterocycles. The molecule has 2 nitrogen and oxygen atoms in total. The maximum Gasteiger partial charge on any atom is 0.0500 e. The Kier molecular flexibility index (Phi) is 7.76. The zero-order valence-corrected chi connectivity index (χ0v) is 12.7. The predicted molar refractivity (Wildman–Crippen MR) is 82.5 cm³/mol. The summed E-state index contributed by atoms with van der Waals surface area (Å²) in [4.78, 5) is 2.45. The van der Waals surface area contributed by atoms with E-state index < -0.39 is 0 Å². The molecular weight excluding hydrogens is 234 g/mol. The molecule has 0 saturated heterocycles. The minimum Gasteiger partial charge on any atom is -0.396 e. The summed E-state index contributed by atoms with van der Waals surface area (Å²) in [6.45, 7) is 5.80. The SMILES string of the molecule is CCCC(CC)N(C)CCC(CO)c1ccccc1. The number of aliphatic hydroxyl groups is 1. The molecule has 0 amide bonds. The summed E-state index contributed by atoms with van der Waals surface area (Å²) in [5, 5.41) is 9.57. The van der Waals surface area contributed by atoms with Crippen molar-refractivity contribution in [1.29, 1.82) is 0 Å². The van der Waals surface area contributed by atoms with E-state index in [0.29, 0.717) is 6.04 Å². The first-order valence-corrected chi connectivity index (χ1v) is 7.58. The normalized spacial score (nSPS) is 14.6. The second-order valence-corrected chi connectivity index (χ2v) is 5.41. The largest absolute Gasteiger partial charge is 0.396 e. The third-order valence-electron chi connectivity index (χ3n) is 4.04. The smallest absolute Gasteiger partial charge is 0.0500 e. The van der Waals surface area contributed by atoms with Crippen LogP contribution in [0.1, 0.15) is 51.0 Å². The molecule has 0 fully saturated rings. The van der Waals surface area contributed by atoms with E-state index in [-0.39, 0.29) is 12.5 Å². The first-order valence-electron chi connectivity index (χ1n) is 7.58. The molecule has 1 aromatic carbocycles. The Labute approximate surface area is 118 Å². The molecule has 0 saturated carbocycles. The van der Waals surface area contributed by atoms with Gasteiger partial charge in [0.15, 0.2) is 0 Å². The van der Waals surface area contributed by atoms with Crippen molar-refractivity contribution in [1.82, 2.24) is 4.90 Å². The van der Waals surface area contributed by atoms with Gasteiger partial charge < -0.3 is 10.0 Å². The van der Waals surface area contributed by atoms with Gasteiger partial charge in [-0.2, -0.15) is 0 Å². The Balaban J connectivity index is 2.49. The van der Waals surface area contributed by atoms with Crippen LogP contribution in [0.25, 0.3) is 0 Å². The lowest BCUT2D eigenvalue weighted by molar-refractivity contribution is 0.196. The maximum absolute atomic E-state index is 9.57. The van der Waals surface area contributed by atoms with Crippen LogP contribution in [0.3, 0.4) is 0 Å². The molecule has 0 aliphatic carbocycles. The van der Waals surface area contributed by atoms with Gasteiger partial charge in [0.05, 0.1) is 0 Å². The lowest BCUT2D eigenvalue weighted by Crippen LogP contribution is -2.32. The molecule has 0 spiro atoms. The number of hydrogen-bond donors (Lipinski definition) is 1. The number of nitrogens with zero attached hydrogens (tertiary/aromatic N) is 1. The highest BCUT2D eigenvalue weighted by Gasteiger charge is 2.15. The predicted octanol–water partition coefficient (Wildman–Crippen LogP) is 3.66. The Bertz CT molecular complexity index is 325. The van der Waals surface area contributed by atoms with Crippen molar-refractivity contribution in [2.75, 3.05) is 20.2 Å². The van der Waals surface area contributed by atoms with Crippen LogP contribution in [-0.2, 0) is 0 Å². The van der Waals surface area contributed by atoms with E-state index in [1.807, 2.05) is 18.2 Å². The standard InChI is InChI=1S/C17H29NO/c1-4-9-17(5-2)18(3)13-12-16(14-19)15-10-7-6-8-11-15/h6-8,10-11,16-17,19H,4-5,9,12-14H2,1-3H3. The minimum atomic E-state index is 0.239. The maximum atomic E-state index is 9.57. The average Bonchev–Trinajstić information content (AvgIpc) is 2.46. The Morgan fingerprint density at radius 3 is 2.32 bits per heavy atom. The van der Waals surface area contributed by atoms with Crippen molar-refractivity contribution in [2.24, 2.45) is 0 Å². The molecule has 0 radical (unpaired) electrons. The van der Waals surface area contributed by atoms with Gasteiger partial charge in [-0.1, -0.05) is 50.6 Å². The Morgan fingerprint density at radius 2 is 1.79 bits per heavy atom. The van der Waals surface area contributed by atoms with Crippen molar-refractivity contribution >= 4 is 0 Å². The van der Waals surface area contributed by atoms with Gasteiger partial charge in [0.2, 0.25) is 0 Å². The second kappa shape index (κ2) is 9.11. The summed E-state index contributed by atoms with van der Waals surface area (Å²) in [7, 11) is 2.21. The zero-order chi connectivity index (χ0) is 14.1. The third kappa shape index (κ3) is 5.33. The third-order valence-corrected chi connectivity index (χ3v) is 4.04. The highest BCUT2D eigenvalue weighted by Crippen LogP contribution is 2.20. The quantitative estimate of drug-likeness (QED) is 0.735. The van der Waals surface area contributed by atoms with Crippen molar-refractivity contribution in [3.63, 3.8) is 0 Å². The Morgan fingerprint density at radius 1 is 1.11 bits per heavy atom. The van der Waals surface area contributed by atoms with E-state index in [2.05, 4.69) is 37.9 Å². The summed E-state index contributed by atoms with van der Waals surface area (Å²) in [5.41, 5.74) is 1.25. The zero-order valence-electron chi connectivity index (χ0n) is 12.7. The van der Waals surface area contributed by atoms with Crippen LogP contribution in [0.5, 0.6) is 0 Å². The molecule has 1 rings (SSSR count). The molecule has 108 valence electrons. The summed E-state index contributed by atoms with van der Waals surface area (Å²) in [5.74, 6) is 0.266. The highest BCUT2D eigenvalue weighted by molar-refractivity contribution is 5.19. The summed E-state index contributed by atoms with van der Waals surface area (Å²) in [6, 6.07) is 11.0. The van der Waals surface area contributed by atoms with Gasteiger partial charge in [-0.3, -0.25) is 0 Å². The fourth-order valence-corrected chi connectivity index (χ4v) is 2.70. The van der Waals surface area contributed by atoms with E-state index in [4.69, 9.17) is 0 Å². The molecule has 2 unspecified atom stereocenters. The fraction of sp³-hybridized carbons (Fsp3) is 0.647. The summed E-state index contributed by atoms with van der Waals surface area (Å²) < 4.78 is 0. The molecule has 0 aromatic heterocycles. The van der Waals surface area contributed by atoms with Crippen LogP contribution < -0.4 is 0 Å². The molecule has 0 bridgehead atoms. The first-order chi connectivity index (χ1) is 9.22. The van der Waals surface area contributed by atoms with Gasteiger partial charge in [0.25, 0.3) is 0 Å². The first kappa shape index (κ1) is 16.2. The highest BCUT2D eigenvalue weighted by atomic mass is 16.3. The monoisotopic (exact) mass is 263 g/mol.